The molecule has 0 aromatic heterocycles. The van der Waals surface area contributed by atoms with Crippen LogP contribution in [0.3, 0.4) is 0 Å². The summed E-state index contributed by atoms with van der Waals surface area (Å²) in [6.07, 6.45) is 1.06. The molecule has 0 spiro atoms. The second kappa shape index (κ2) is 5.87. The van der Waals surface area contributed by atoms with Gasteiger partial charge in [0, 0.05) is 19.0 Å². The van der Waals surface area contributed by atoms with Crippen molar-refractivity contribution in [1.82, 2.24) is 10.2 Å². The number of amides is 2. The molecule has 1 aromatic carbocycles. The maximum absolute atomic E-state index is 12.4. The Labute approximate surface area is 113 Å². The first-order valence-corrected chi connectivity index (χ1v) is 6.71. The summed E-state index contributed by atoms with van der Waals surface area (Å²) in [7, 11) is 0. The zero-order valence-corrected chi connectivity index (χ0v) is 11.4. The minimum atomic E-state index is -0.349. The highest BCUT2D eigenvalue weighted by atomic mass is 16.2. The van der Waals surface area contributed by atoms with Crippen molar-refractivity contribution in [1.29, 1.82) is 0 Å². The molecule has 102 valence electrons. The van der Waals surface area contributed by atoms with Crippen LogP contribution in [0.1, 0.15) is 32.3 Å². The molecular formula is C15H20N2O2. The molecule has 1 atom stereocenters. The molecule has 4 heteroatoms. The number of benzene rings is 1. The smallest absolute Gasteiger partial charge is 0.245 e. The van der Waals surface area contributed by atoms with Gasteiger partial charge in [0.15, 0.2) is 0 Å². The van der Waals surface area contributed by atoms with Gasteiger partial charge < -0.3 is 10.2 Å². The molecule has 4 nitrogen and oxygen atoms in total. The molecule has 0 bridgehead atoms. The summed E-state index contributed by atoms with van der Waals surface area (Å²) in [5.41, 5.74) is 1.11. The van der Waals surface area contributed by atoms with Gasteiger partial charge in [-0.15, -0.1) is 0 Å². The van der Waals surface area contributed by atoms with Crippen molar-refractivity contribution in [2.75, 3.05) is 0 Å². The molecule has 1 fully saturated rings. The number of carbonyl (C=O) groups is 2. The maximum atomic E-state index is 12.4. The summed E-state index contributed by atoms with van der Waals surface area (Å²) in [6, 6.07) is 9.68. The third kappa shape index (κ3) is 3.34. The highest BCUT2D eigenvalue weighted by Crippen LogP contribution is 2.15. The van der Waals surface area contributed by atoms with Crippen LogP contribution < -0.4 is 5.32 Å². The van der Waals surface area contributed by atoms with Crippen LogP contribution >= 0.6 is 0 Å². The van der Waals surface area contributed by atoms with Crippen LogP contribution in [0.2, 0.25) is 0 Å². The van der Waals surface area contributed by atoms with Gasteiger partial charge in [0.1, 0.15) is 6.04 Å². The number of carbonyl (C=O) groups excluding carboxylic acids is 2. The highest BCUT2D eigenvalue weighted by Gasteiger charge is 2.31. The molecule has 1 aliphatic heterocycles. The zero-order chi connectivity index (χ0) is 13.8. The predicted molar refractivity (Wildman–Crippen MR) is 73.3 cm³/mol. The number of rotatable bonds is 4. The fraction of sp³-hybridized carbons (Fsp3) is 0.467. The Morgan fingerprint density at radius 3 is 2.58 bits per heavy atom. The van der Waals surface area contributed by atoms with E-state index in [-0.39, 0.29) is 23.9 Å². The van der Waals surface area contributed by atoms with Gasteiger partial charge in [-0.2, -0.15) is 0 Å². The number of hydrogen-bond donors (Lipinski definition) is 1. The van der Waals surface area contributed by atoms with Crippen LogP contribution in [0.5, 0.6) is 0 Å². The summed E-state index contributed by atoms with van der Waals surface area (Å²) in [5.74, 6) is -0.00790. The van der Waals surface area contributed by atoms with Gasteiger partial charge in [0.05, 0.1) is 0 Å². The Morgan fingerprint density at radius 1 is 1.37 bits per heavy atom. The van der Waals surface area contributed by atoms with Crippen LogP contribution in [-0.4, -0.2) is 28.8 Å². The fourth-order valence-corrected chi connectivity index (χ4v) is 2.29. The van der Waals surface area contributed by atoms with Crippen LogP contribution in [0.15, 0.2) is 30.3 Å². The second-order valence-electron chi connectivity index (χ2n) is 5.20. The Bertz CT molecular complexity index is 456. The van der Waals surface area contributed by atoms with Crippen LogP contribution in [0, 0.1) is 0 Å². The Hall–Kier alpha value is -1.84. The van der Waals surface area contributed by atoms with Crippen molar-refractivity contribution in [3.63, 3.8) is 0 Å². The summed E-state index contributed by atoms with van der Waals surface area (Å²) >= 11 is 0. The fourth-order valence-electron chi connectivity index (χ4n) is 2.29. The standard InChI is InChI=1S/C15H20N2O2/c1-11(2)17(10-12-6-4-3-5-7-12)15(19)13-8-9-14(18)16-13/h3-7,11,13H,8-10H2,1-2H3,(H,16,18). The van der Waals surface area contributed by atoms with Gasteiger partial charge in [0.2, 0.25) is 11.8 Å². The zero-order valence-electron chi connectivity index (χ0n) is 11.4. The molecule has 1 unspecified atom stereocenters. The van der Waals surface area contributed by atoms with Gasteiger partial charge in [-0.25, -0.2) is 0 Å². The van der Waals surface area contributed by atoms with E-state index in [0.717, 1.165) is 5.56 Å². The SMILES string of the molecule is CC(C)N(Cc1ccccc1)C(=O)C1CCC(=O)N1. The maximum Gasteiger partial charge on any atom is 0.245 e. The minimum Gasteiger partial charge on any atom is -0.344 e. The molecule has 1 saturated heterocycles. The van der Waals surface area contributed by atoms with E-state index in [2.05, 4.69) is 5.32 Å². The third-order valence-electron chi connectivity index (χ3n) is 3.40. The van der Waals surface area contributed by atoms with Gasteiger partial charge in [-0.1, -0.05) is 30.3 Å². The molecule has 2 amide bonds. The number of hydrogen-bond acceptors (Lipinski definition) is 2. The normalized spacial score (nSPS) is 18.5. The van der Waals surface area contributed by atoms with Gasteiger partial charge in [0.25, 0.3) is 0 Å². The largest absolute Gasteiger partial charge is 0.344 e. The molecule has 1 aliphatic rings. The summed E-state index contributed by atoms with van der Waals surface area (Å²) < 4.78 is 0. The molecule has 1 heterocycles. The molecule has 1 aromatic rings. The van der Waals surface area contributed by atoms with Crippen LogP contribution in [-0.2, 0) is 16.1 Å². The van der Waals surface area contributed by atoms with E-state index in [1.165, 1.54) is 0 Å². The van der Waals surface area contributed by atoms with Crippen molar-refractivity contribution >= 4 is 11.8 Å². The minimum absolute atomic E-state index is 0.0182. The molecule has 0 aliphatic carbocycles. The quantitative estimate of drug-likeness (QED) is 0.896. The first kappa shape index (κ1) is 13.6. The monoisotopic (exact) mass is 260 g/mol. The van der Waals surface area contributed by atoms with Crippen molar-refractivity contribution in [2.45, 2.75) is 45.3 Å². The van der Waals surface area contributed by atoms with E-state index in [9.17, 15) is 9.59 Å². The average molecular weight is 260 g/mol. The Morgan fingerprint density at radius 2 is 2.05 bits per heavy atom. The first-order valence-electron chi connectivity index (χ1n) is 6.71. The number of nitrogens with one attached hydrogen (secondary N) is 1. The van der Waals surface area contributed by atoms with Gasteiger partial charge in [-0.05, 0) is 25.8 Å². The molecule has 19 heavy (non-hydrogen) atoms. The van der Waals surface area contributed by atoms with E-state index in [0.29, 0.717) is 19.4 Å². The van der Waals surface area contributed by atoms with Crippen LogP contribution in [0.25, 0.3) is 0 Å². The highest BCUT2D eigenvalue weighted by molar-refractivity contribution is 5.90. The van der Waals surface area contributed by atoms with E-state index < -0.39 is 0 Å². The summed E-state index contributed by atoms with van der Waals surface area (Å²) in [4.78, 5) is 25.5. The van der Waals surface area contributed by atoms with Crippen molar-refractivity contribution in [3.05, 3.63) is 35.9 Å². The molecular weight excluding hydrogens is 240 g/mol. The molecule has 0 saturated carbocycles. The lowest BCUT2D eigenvalue weighted by Crippen LogP contribution is -2.47. The van der Waals surface area contributed by atoms with Crippen molar-refractivity contribution < 1.29 is 9.59 Å². The van der Waals surface area contributed by atoms with E-state index in [4.69, 9.17) is 0 Å². The van der Waals surface area contributed by atoms with E-state index in [1.807, 2.05) is 49.1 Å². The summed E-state index contributed by atoms with van der Waals surface area (Å²) in [5, 5.41) is 2.74. The Kier molecular flexibility index (Phi) is 4.20. The topological polar surface area (TPSA) is 49.4 Å². The van der Waals surface area contributed by atoms with Crippen molar-refractivity contribution in [3.8, 4) is 0 Å². The first-order chi connectivity index (χ1) is 9.08. The van der Waals surface area contributed by atoms with E-state index >= 15 is 0 Å². The molecule has 0 radical (unpaired) electrons. The van der Waals surface area contributed by atoms with E-state index in [1.54, 1.807) is 0 Å². The predicted octanol–water partition coefficient (Wildman–Crippen LogP) is 1.70. The number of nitrogens with zero attached hydrogens (tertiary/aromatic N) is 1. The average Bonchev–Trinajstić information content (AvgIpc) is 2.83. The lowest BCUT2D eigenvalue weighted by atomic mass is 10.1. The van der Waals surface area contributed by atoms with Crippen molar-refractivity contribution in [2.24, 2.45) is 0 Å². The lowest BCUT2D eigenvalue weighted by molar-refractivity contribution is -0.136. The van der Waals surface area contributed by atoms with Gasteiger partial charge >= 0.3 is 0 Å². The second-order valence-corrected chi connectivity index (χ2v) is 5.20. The van der Waals surface area contributed by atoms with Gasteiger partial charge in [-0.3, -0.25) is 9.59 Å². The Balaban J connectivity index is 2.07. The summed E-state index contributed by atoms with van der Waals surface area (Å²) in [6.45, 7) is 4.58. The van der Waals surface area contributed by atoms with Crippen LogP contribution in [0.4, 0.5) is 0 Å². The molecule has 1 N–H and O–H groups in total. The lowest BCUT2D eigenvalue weighted by Gasteiger charge is -2.29. The molecule has 2 rings (SSSR count). The third-order valence-corrected chi connectivity index (χ3v) is 3.40.